The summed E-state index contributed by atoms with van der Waals surface area (Å²) in [5, 5.41) is 4.96. The molecule has 0 aromatic rings. The average Bonchev–Trinajstić information content (AvgIpc) is 2.67. The Morgan fingerprint density at radius 2 is 2.05 bits per heavy atom. The number of amides is 4. The molecule has 7 heteroatoms. The molecule has 1 saturated heterocycles. The standard InChI is InChI=1S/C14H22ClN3O3/c1-10(15)11(19)16-8-5-9-18-12(20)14(17-13(18)21)6-3-2-4-7-14/h10H,2-9H2,1H3,(H,16,19)(H,17,21). The lowest BCUT2D eigenvalue weighted by molar-refractivity contribution is -0.132. The van der Waals surface area contributed by atoms with Gasteiger partial charge in [0.1, 0.15) is 10.9 Å². The summed E-state index contributed by atoms with van der Waals surface area (Å²) in [6.45, 7) is 2.32. The second kappa shape index (κ2) is 6.64. The normalized spacial score (nSPS) is 22.3. The molecule has 1 spiro atoms. The zero-order chi connectivity index (χ0) is 15.5. The molecular formula is C14H22ClN3O3. The quantitative estimate of drug-likeness (QED) is 0.457. The summed E-state index contributed by atoms with van der Waals surface area (Å²) in [5.74, 6) is -0.346. The Morgan fingerprint density at radius 3 is 2.67 bits per heavy atom. The lowest BCUT2D eigenvalue weighted by atomic mass is 9.82. The van der Waals surface area contributed by atoms with Crippen LogP contribution in [0.15, 0.2) is 0 Å². The van der Waals surface area contributed by atoms with Crippen LogP contribution in [0.1, 0.15) is 45.4 Å². The highest BCUT2D eigenvalue weighted by Gasteiger charge is 2.50. The van der Waals surface area contributed by atoms with Gasteiger partial charge in [0, 0.05) is 13.1 Å². The molecule has 0 radical (unpaired) electrons. The van der Waals surface area contributed by atoms with Crippen molar-refractivity contribution in [1.82, 2.24) is 15.5 Å². The highest BCUT2D eigenvalue weighted by Crippen LogP contribution is 2.33. The minimum atomic E-state index is -0.663. The Kier molecular flexibility index (Phi) is 5.08. The van der Waals surface area contributed by atoms with Gasteiger partial charge in [-0.25, -0.2) is 4.79 Å². The van der Waals surface area contributed by atoms with Gasteiger partial charge in [0.2, 0.25) is 5.91 Å². The largest absolute Gasteiger partial charge is 0.355 e. The second-order valence-electron chi connectivity index (χ2n) is 5.79. The molecule has 6 nitrogen and oxygen atoms in total. The van der Waals surface area contributed by atoms with Gasteiger partial charge in [-0.05, 0) is 26.2 Å². The van der Waals surface area contributed by atoms with E-state index in [-0.39, 0.29) is 17.8 Å². The molecule has 2 rings (SSSR count). The molecule has 1 unspecified atom stereocenters. The van der Waals surface area contributed by atoms with E-state index in [2.05, 4.69) is 10.6 Å². The summed E-state index contributed by atoms with van der Waals surface area (Å²) >= 11 is 5.64. The molecule has 118 valence electrons. The number of hydrogen-bond donors (Lipinski definition) is 2. The highest BCUT2D eigenvalue weighted by molar-refractivity contribution is 6.30. The number of nitrogens with one attached hydrogen (secondary N) is 2. The van der Waals surface area contributed by atoms with Crippen LogP contribution in [0.4, 0.5) is 4.79 Å². The summed E-state index contributed by atoms with van der Waals surface area (Å²) in [6, 6.07) is -0.307. The van der Waals surface area contributed by atoms with Crippen LogP contribution >= 0.6 is 11.6 Å². The summed E-state index contributed by atoms with van der Waals surface area (Å²) in [7, 11) is 0. The summed E-state index contributed by atoms with van der Waals surface area (Å²) in [4.78, 5) is 37.0. The van der Waals surface area contributed by atoms with Gasteiger partial charge in [0.05, 0.1) is 0 Å². The highest BCUT2D eigenvalue weighted by atomic mass is 35.5. The van der Waals surface area contributed by atoms with Gasteiger partial charge in [-0.3, -0.25) is 14.5 Å². The van der Waals surface area contributed by atoms with Crippen LogP contribution in [0, 0.1) is 0 Å². The van der Waals surface area contributed by atoms with Crippen LogP contribution in [0.5, 0.6) is 0 Å². The molecule has 21 heavy (non-hydrogen) atoms. The summed E-state index contributed by atoms with van der Waals surface area (Å²) in [6.07, 6.45) is 5.06. The number of carbonyl (C=O) groups excluding carboxylic acids is 3. The molecule has 0 bridgehead atoms. The first-order valence-electron chi connectivity index (χ1n) is 7.52. The number of imide groups is 1. The van der Waals surface area contributed by atoms with E-state index < -0.39 is 10.9 Å². The van der Waals surface area contributed by atoms with Gasteiger partial charge >= 0.3 is 6.03 Å². The molecule has 4 amide bonds. The number of hydrogen-bond acceptors (Lipinski definition) is 3. The molecule has 0 aromatic carbocycles. The Morgan fingerprint density at radius 1 is 1.38 bits per heavy atom. The number of carbonyl (C=O) groups is 3. The lowest BCUT2D eigenvalue weighted by Crippen LogP contribution is -2.48. The van der Waals surface area contributed by atoms with Gasteiger partial charge in [-0.15, -0.1) is 11.6 Å². The Hall–Kier alpha value is -1.30. The third-order valence-electron chi connectivity index (χ3n) is 4.17. The van der Waals surface area contributed by atoms with Crippen molar-refractivity contribution in [3.8, 4) is 0 Å². The van der Waals surface area contributed by atoms with Gasteiger partial charge < -0.3 is 10.6 Å². The zero-order valence-corrected chi connectivity index (χ0v) is 13.0. The van der Waals surface area contributed by atoms with Crippen LogP contribution in [-0.4, -0.2) is 46.8 Å². The van der Waals surface area contributed by atoms with Gasteiger partial charge in [-0.1, -0.05) is 19.3 Å². The van der Waals surface area contributed by atoms with Gasteiger partial charge in [0.25, 0.3) is 5.91 Å². The Labute approximate surface area is 129 Å². The first-order chi connectivity index (χ1) is 9.96. The first-order valence-corrected chi connectivity index (χ1v) is 7.96. The van der Waals surface area contributed by atoms with E-state index in [9.17, 15) is 14.4 Å². The Balaban J connectivity index is 1.82. The van der Waals surface area contributed by atoms with Crippen molar-refractivity contribution in [2.24, 2.45) is 0 Å². The number of rotatable bonds is 5. The molecule has 2 N–H and O–H groups in total. The van der Waals surface area contributed by atoms with E-state index in [4.69, 9.17) is 11.6 Å². The van der Waals surface area contributed by atoms with E-state index in [1.165, 1.54) is 4.90 Å². The van der Waals surface area contributed by atoms with E-state index in [0.717, 1.165) is 32.1 Å². The topological polar surface area (TPSA) is 78.5 Å². The molecule has 0 aromatic heterocycles. The van der Waals surface area contributed by atoms with Crippen LogP contribution in [0.25, 0.3) is 0 Å². The fourth-order valence-corrected chi connectivity index (χ4v) is 3.04. The zero-order valence-electron chi connectivity index (χ0n) is 12.3. The Bertz CT molecular complexity index is 433. The van der Waals surface area contributed by atoms with Crippen LogP contribution in [-0.2, 0) is 9.59 Å². The minimum Gasteiger partial charge on any atom is -0.355 e. The maximum Gasteiger partial charge on any atom is 0.325 e. The van der Waals surface area contributed by atoms with Crippen molar-refractivity contribution in [3.05, 3.63) is 0 Å². The number of alkyl halides is 1. The molecule has 2 aliphatic rings. The van der Waals surface area contributed by atoms with Crippen molar-refractivity contribution in [1.29, 1.82) is 0 Å². The SMILES string of the molecule is CC(Cl)C(=O)NCCCN1C(=O)NC2(CCCCC2)C1=O. The summed E-state index contributed by atoms with van der Waals surface area (Å²) in [5.41, 5.74) is -0.663. The maximum absolute atomic E-state index is 12.5. The monoisotopic (exact) mass is 315 g/mol. The number of halogens is 1. The maximum atomic E-state index is 12.5. The second-order valence-corrected chi connectivity index (χ2v) is 6.44. The van der Waals surface area contributed by atoms with Crippen molar-refractivity contribution in [2.75, 3.05) is 13.1 Å². The average molecular weight is 316 g/mol. The third-order valence-corrected chi connectivity index (χ3v) is 4.37. The molecule has 2 fully saturated rings. The molecule has 1 saturated carbocycles. The predicted octanol–water partition coefficient (Wildman–Crippen LogP) is 1.37. The smallest absolute Gasteiger partial charge is 0.325 e. The van der Waals surface area contributed by atoms with Crippen LogP contribution in [0.2, 0.25) is 0 Å². The van der Waals surface area contributed by atoms with Crippen molar-refractivity contribution < 1.29 is 14.4 Å². The van der Waals surface area contributed by atoms with Crippen molar-refractivity contribution >= 4 is 29.4 Å². The van der Waals surface area contributed by atoms with E-state index in [1.54, 1.807) is 6.92 Å². The lowest BCUT2D eigenvalue weighted by Gasteiger charge is -2.30. The first kappa shape index (κ1) is 16.1. The predicted molar refractivity (Wildman–Crippen MR) is 79.0 cm³/mol. The molecular weight excluding hydrogens is 294 g/mol. The van der Waals surface area contributed by atoms with Crippen LogP contribution in [0.3, 0.4) is 0 Å². The molecule has 1 heterocycles. The van der Waals surface area contributed by atoms with E-state index in [1.807, 2.05) is 0 Å². The third kappa shape index (κ3) is 3.48. The molecule has 1 atom stereocenters. The van der Waals surface area contributed by atoms with Gasteiger partial charge in [-0.2, -0.15) is 0 Å². The number of nitrogens with zero attached hydrogens (tertiary/aromatic N) is 1. The van der Waals surface area contributed by atoms with E-state index in [0.29, 0.717) is 19.5 Å². The summed E-state index contributed by atoms with van der Waals surface area (Å²) < 4.78 is 0. The molecule has 1 aliphatic carbocycles. The van der Waals surface area contributed by atoms with Gasteiger partial charge in [0.15, 0.2) is 0 Å². The van der Waals surface area contributed by atoms with E-state index >= 15 is 0 Å². The fourth-order valence-electron chi connectivity index (χ4n) is 2.96. The van der Waals surface area contributed by atoms with Crippen molar-refractivity contribution in [3.63, 3.8) is 0 Å². The molecule has 1 aliphatic heterocycles. The van der Waals surface area contributed by atoms with Crippen molar-refractivity contribution in [2.45, 2.75) is 56.4 Å². The van der Waals surface area contributed by atoms with Crippen LogP contribution < -0.4 is 10.6 Å². The minimum absolute atomic E-state index is 0.107. The fraction of sp³-hybridized carbons (Fsp3) is 0.786. The number of urea groups is 1.